The summed E-state index contributed by atoms with van der Waals surface area (Å²) in [5.74, 6) is 2.26. The number of hydrogen-bond donors (Lipinski definition) is 1. The van der Waals surface area contributed by atoms with Crippen molar-refractivity contribution in [3.63, 3.8) is 0 Å². The average molecular weight is 222 g/mol. The summed E-state index contributed by atoms with van der Waals surface area (Å²) in [6.45, 7) is 6.29. The highest BCUT2D eigenvalue weighted by atomic mass is 16.5. The van der Waals surface area contributed by atoms with Crippen LogP contribution in [-0.2, 0) is 6.54 Å². The third-order valence-electron chi connectivity index (χ3n) is 3.74. The minimum Gasteiger partial charge on any atom is -0.338 e. The first-order valence-electron chi connectivity index (χ1n) is 6.06. The summed E-state index contributed by atoms with van der Waals surface area (Å²) in [4.78, 5) is 6.74. The lowest BCUT2D eigenvalue weighted by Crippen LogP contribution is -2.55. The van der Waals surface area contributed by atoms with E-state index in [1.54, 1.807) is 0 Å². The number of rotatable bonds is 3. The van der Waals surface area contributed by atoms with E-state index in [0.29, 0.717) is 24.3 Å². The van der Waals surface area contributed by atoms with Crippen molar-refractivity contribution in [2.75, 3.05) is 19.6 Å². The number of fused-ring (bicyclic) bond motifs is 3. The van der Waals surface area contributed by atoms with Crippen molar-refractivity contribution in [1.29, 1.82) is 0 Å². The molecule has 4 heterocycles. The molecule has 0 radical (unpaired) electrons. The highest BCUT2D eigenvalue weighted by Gasteiger charge is 2.33. The molecule has 3 saturated heterocycles. The van der Waals surface area contributed by atoms with E-state index in [1.165, 1.54) is 32.5 Å². The molecular formula is C11H18N4O. The summed E-state index contributed by atoms with van der Waals surface area (Å²) >= 11 is 0. The molecule has 3 aliphatic heterocycles. The van der Waals surface area contributed by atoms with Crippen molar-refractivity contribution in [3.8, 4) is 0 Å². The molecule has 88 valence electrons. The van der Waals surface area contributed by atoms with Gasteiger partial charge in [0, 0.05) is 12.6 Å². The fourth-order valence-electron chi connectivity index (χ4n) is 2.83. The molecular weight excluding hydrogens is 204 g/mol. The summed E-state index contributed by atoms with van der Waals surface area (Å²) < 4.78 is 5.10. The molecule has 5 nitrogen and oxygen atoms in total. The van der Waals surface area contributed by atoms with Crippen LogP contribution in [0.15, 0.2) is 4.52 Å². The molecule has 3 fully saturated rings. The van der Waals surface area contributed by atoms with Crippen LogP contribution in [0.1, 0.15) is 24.6 Å². The molecule has 0 aromatic carbocycles. The number of aromatic nitrogens is 2. The lowest BCUT2D eigenvalue weighted by Gasteiger charge is -2.45. The molecule has 1 N–H and O–H groups in total. The van der Waals surface area contributed by atoms with E-state index >= 15 is 0 Å². The Hall–Kier alpha value is -0.940. The summed E-state index contributed by atoms with van der Waals surface area (Å²) in [6, 6.07) is 0.606. The number of piperidine rings is 3. The van der Waals surface area contributed by atoms with Crippen molar-refractivity contribution in [3.05, 3.63) is 11.7 Å². The van der Waals surface area contributed by atoms with Gasteiger partial charge in [0.05, 0.1) is 6.54 Å². The van der Waals surface area contributed by atoms with Crippen molar-refractivity contribution >= 4 is 0 Å². The first kappa shape index (κ1) is 10.2. The van der Waals surface area contributed by atoms with Crippen LogP contribution in [0.5, 0.6) is 0 Å². The van der Waals surface area contributed by atoms with Crippen LogP contribution in [0.25, 0.3) is 0 Å². The Bertz CT molecular complexity index is 357. The normalized spacial score (nSPS) is 33.2. The lowest BCUT2D eigenvalue weighted by molar-refractivity contribution is 0.0706. The third kappa shape index (κ3) is 1.97. The van der Waals surface area contributed by atoms with Crippen molar-refractivity contribution < 1.29 is 4.52 Å². The van der Waals surface area contributed by atoms with Crippen LogP contribution in [0.3, 0.4) is 0 Å². The first-order valence-corrected chi connectivity index (χ1v) is 6.06. The first-order chi connectivity index (χ1) is 7.81. The van der Waals surface area contributed by atoms with Crippen LogP contribution in [0.2, 0.25) is 0 Å². The third-order valence-corrected chi connectivity index (χ3v) is 3.74. The van der Waals surface area contributed by atoms with Gasteiger partial charge in [-0.05, 0) is 38.8 Å². The zero-order valence-electron chi connectivity index (χ0n) is 9.65. The zero-order valence-corrected chi connectivity index (χ0v) is 9.65. The summed E-state index contributed by atoms with van der Waals surface area (Å²) in [6.07, 6.45) is 2.67. The van der Waals surface area contributed by atoms with Crippen LogP contribution >= 0.6 is 0 Å². The van der Waals surface area contributed by atoms with E-state index in [2.05, 4.69) is 20.4 Å². The molecule has 1 unspecified atom stereocenters. The summed E-state index contributed by atoms with van der Waals surface area (Å²) in [5.41, 5.74) is 0. The second kappa shape index (κ2) is 4.14. The molecule has 1 aromatic rings. The van der Waals surface area contributed by atoms with Gasteiger partial charge < -0.3 is 14.7 Å². The quantitative estimate of drug-likeness (QED) is 0.810. The molecule has 0 spiro atoms. The second-order valence-corrected chi connectivity index (χ2v) is 4.86. The molecule has 4 rings (SSSR count). The van der Waals surface area contributed by atoms with Gasteiger partial charge in [-0.2, -0.15) is 4.98 Å². The van der Waals surface area contributed by atoms with E-state index in [0.717, 1.165) is 5.92 Å². The molecule has 0 aliphatic carbocycles. The van der Waals surface area contributed by atoms with E-state index in [1.807, 2.05) is 6.92 Å². The maximum Gasteiger partial charge on any atom is 0.240 e. The van der Waals surface area contributed by atoms with E-state index in [9.17, 15) is 0 Å². The Kier molecular flexibility index (Phi) is 2.65. The Balaban J connectivity index is 1.55. The van der Waals surface area contributed by atoms with Crippen molar-refractivity contribution in [2.45, 2.75) is 32.4 Å². The number of hydrogen-bond acceptors (Lipinski definition) is 5. The van der Waals surface area contributed by atoms with Gasteiger partial charge in [0.2, 0.25) is 5.89 Å². The number of aryl methyl sites for hydroxylation is 1. The molecule has 16 heavy (non-hydrogen) atoms. The minimum absolute atomic E-state index is 0.606. The molecule has 1 atom stereocenters. The molecule has 0 saturated carbocycles. The van der Waals surface area contributed by atoms with Gasteiger partial charge in [-0.25, -0.2) is 0 Å². The van der Waals surface area contributed by atoms with Gasteiger partial charge in [0.15, 0.2) is 5.82 Å². The molecule has 2 bridgehead atoms. The minimum atomic E-state index is 0.606. The molecule has 1 aromatic heterocycles. The largest absolute Gasteiger partial charge is 0.338 e. The average Bonchev–Trinajstić information content (AvgIpc) is 2.74. The predicted octanol–water partition coefficient (Wildman–Crippen LogP) is 0.562. The van der Waals surface area contributed by atoms with Crippen LogP contribution in [0.4, 0.5) is 0 Å². The fourth-order valence-corrected chi connectivity index (χ4v) is 2.83. The predicted molar refractivity (Wildman–Crippen MR) is 58.8 cm³/mol. The zero-order chi connectivity index (χ0) is 11.0. The van der Waals surface area contributed by atoms with Gasteiger partial charge in [0.1, 0.15) is 0 Å². The van der Waals surface area contributed by atoms with E-state index < -0.39 is 0 Å². The second-order valence-electron chi connectivity index (χ2n) is 4.86. The highest BCUT2D eigenvalue weighted by Crippen LogP contribution is 2.27. The summed E-state index contributed by atoms with van der Waals surface area (Å²) in [7, 11) is 0. The van der Waals surface area contributed by atoms with Crippen LogP contribution in [0, 0.1) is 12.8 Å². The lowest BCUT2D eigenvalue weighted by atomic mass is 9.84. The Morgan fingerprint density at radius 1 is 1.44 bits per heavy atom. The van der Waals surface area contributed by atoms with Crippen LogP contribution < -0.4 is 5.32 Å². The van der Waals surface area contributed by atoms with Gasteiger partial charge in [0.25, 0.3) is 0 Å². The number of nitrogens with zero attached hydrogens (tertiary/aromatic N) is 3. The van der Waals surface area contributed by atoms with Crippen LogP contribution in [-0.4, -0.2) is 40.7 Å². The summed E-state index contributed by atoms with van der Waals surface area (Å²) in [5, 5.41) is 7.34. The smallest absolute Gasteiger partial charge is 0.240 e. The highest BCUT2D eigenvalue weighted by molar-refractivity contribution is 4.92. The molecule has 5 heteroatoms. The topological polar surface area (TPSA) is 54.2 Å². The van der Waals surface area contributed by atoms with Gasteiger partial charge in [-0.3, -0.25) is 0 Å². The standard InChI is InChI=1S/C11H18N4O/c1-8-13-11(16-14-8)6-12-10-7-15-4-2-9(10)3-5-15/h9-10,12H,2-7H2,1H3. The fraction of sp³-hybridized carbons (Fsp3) is 0.818. The SMILES string of the molecule is Cc1noc(CNC2CN3CCC2CC3)n1. The Morgan fingerprint density at radius 2 is 2.25 bits per heavy atom. The number of nitrogens with one attached hydrogen (secondary N) is 1. The molecule has 3 aliphatic rings. The Morgan fingerprint density at radius 3 is 2.81 bits per heavy atom. The van der Waals surface area contributed by atoms with E-state index in [4.69, 9.17) is 4.52 Å². The van der Waals surface area contributed by atoms with Crippen molar-refractivity contribution in [2.24, 2.45) is 5.92 Å². The van der Waals surface area contributed by atoms with Gasteiger partial charge in [-0.15, -0.1) is 0 Å². The molecule has 0 amide bonds. The maximum atomic E-state index is 5.10. The van der Waals surface area contributed by atoms with E-state index in [-0.39, 0.29) is 0 Å². The van der Waals surface area contributed by atoms with Gasteiger partial charge >= 0.3 is 0 Å². The Labute approximate surface area is 95.2 Å². The van der Waals surface area contributed by atoms with Crippen molar-refractivity contribution in [1.82, 2.24) is 20.4 Å². The van der Waals surface area contributed by atoms with Gasteiger partial charge in [-0.1, -0.05) is 5.16 Å². The maximum absolute atomic E-state index is 5.10. The monoisotopic (exact) mass is 222 g/mol.